The monoisotopic (exact) mass is 335 g/mol. The van der Waals surface area contributed by atoms with Crippen molar-refractivity contribution in [2.45, 2.75) is 25.7 Å². The maximum absolute atomic E-state index is 12.3. The molecule has 0 aromatic carbocycles. The van der Waals surface area contributed by atoms with Gasteiger partial charge in [0.1, 0.15) is 0 Å². The van der Waals surface area contributed by atoms with Gasteiger partial charge in [0.2, 0.25) is 5.95 Å². The van der Waals surface area contributed by atoms with Crippen molar-refractivity contribution in [2.75, 3.05) is 5.73 Å². The molecule has 1 atom stereocenters. The van der Waals surface area contributed by atoms with Crippen LogP contribution in [0.3, 0.4) is 0 Å². The second kappa shape index (κ2) is 4.66. The number of anilines is 1. The maximum atomic E-state index is 12.3. The minimum atomic E-state index is 0.0271. The highest BCUT2D eigenvalue weighted by Crippen LogP contribution is 2.35. The lowest BCUT2D eigenvalue weighted by Crippen LogP contribution is -2.23. The average Bonchev–Trinajstić information content (AvgIpc) is 2.66. The predicted molar refractivity (Wildman–Crippen MR) is 77.5 cm³/mol. The Morgan fingerprint density at radius 2 is 2.15 bits per heavy atom. The van der Waals surface area contributed by atoms with Crippen molar-refractivity contribution in [2.24, 2.45) is 7.05 Å². The molecule has 20 heavy (non-hydrogen) atoms. The molecule has 0 radical (unpaired) electrons. The zero-order valence-corrected chi connectivity index (χ0v) is 12.8. The largest absolute Gasteiger partial charge is 0.368 e. The lowest BCUT2D eigenvalue weighted by molar-refractivity contribution is 0.0961. The molecule has 0 fully saturated rings. The first-order valence-corrected chi connectivity index (χ1v) is 7.10. The van der Waals surface area contributed by atoms with Crippen LogP contribution in [0.1, 0.15) is 39.8 Å². The molecule has 1 aliphatic rings. The topological polar surface area (TPSA) is 86.7 Å². The Labute approximate surface area is 124 Å². The van der Waals surface area contributed by atoms with E-state index in [1.807, 2.05) is 13.2 Å². The molecule has 7 heteroatoms. The standard InChI is InChI=1S/C13H14BrN5O/c1-6-11-9(17-13(15)16-6)3-7(4-10(11)20)12-8(14)5-19(2)18-12/h5,7H,3-4H2,1-2H3,(H2,15,16,17). The molecule has 6 nitrogen and oxygen atoms in total. The van der Waals surface area contributed by atoms with Crippen molar-refractivity contribution >= 4 is 27.7 Å². The van der Waals surface area contributed by atoms with E-state index in [9.17, 15) is 4.79 Å². The fourth-order valence-corrected chi connectivity index (χ4v) is 3.44. The molecule has 3 rings (SSSR count). The molecule has 0 bridgehead atoms. The maximum Gasteiger partial charge on any atom is 0.220 e. The van der Waals surface area contributed by atoms with Crippen LogP contribution in [0.5, 0.6) is 0 Å². The minimum absolute atomic E-state index is 0.0271. The first-order valence-electron chi connectivity index (χ1n) is 6.31. The van der Waals surface area contributed by atoms with E-state index in [0.717, 1.165) is 15.9 Å². The number of hydrogen-bond donors (Lipinski definition) is 1. The normalized spacial score (nSPS) is 18.1. The molecule has 104 valence electrons. The van der Waals surface area contributed by atoms with Gasteiger partial charge in [-0.1, -0.05) is 0 Å². The summed E-state index contributed by atoms with van der Waals surface area (Å²) < 4.78 is 2.65. The zero-order chi connectivity index (χ0) is 14.4. The fraction of sp³-hybridized carbons (Fsp3) is 0.385. The van der Waals surface area contributed by atoms with Crippen molar-refractivity contribution in [3.63, 3.8) is 0 Å². The molecule has 1 aliphatic carbocycles. The molecule has 0 aliphatic heterocycles. The average molecular weight is 336 g/mol. The molecule has 2 heterocycles. The number of aromatic nitrogens is 4. The highest BCUT2D eigenvalue weighted by molar-refractivity contribution is 9.10. The van der Waals surface area contributed by atoms with Crippen molar-refractivity contribution in [3.05, 3.63) is 33.3 Å². The summed E-state index contributed by atoms with van der Waals surface area (Å²) in [5.74, 6) is 0.306. The summed E-state index contributed by atoms with van der Waals surface area (Å²) in [6.45, 7) is 1.80. The van der Waals surface area contributed by atoms with Crippen LogP contribution in [-0.4, -0.2) is 25.5 Å². The van der Waals surface area contributed by atoms with Crippen molar-refractivity contribution in [1.29, 1.82) is 0 Å². The van der Waals surface area contributed by atoms with Crippen molar-refractivity contribution in [1.82, 2.24) is 19.7 Å². The van der Waals surface area contributed by atoms with Crippen molar-refractivity contribution in [3.8, 4) is 0 Å². The Bertz CT molecular complexity index is 709. The molecule has 2 N–H and O–H groups in total. The van der Waals surface area contributed by atoms with Gasteiger partial charge in [-0.2, -0.15) is 5.10 Å². The van der Waals surface area contributed by atoms with Gasteiger partial charge in [0, 0.05) is 25.6 Å². The number of fused-ring (bicyclic) bond motifs is 1. The predicted octanol–water partition coefficient (Wildman–Crippen LogP) is 1.78. The van der Waals surface area contributed by atoms with E-state index in [1.165, 1.54) is 0 Å². The number of ketones is 1. The number of halogens is 1. The van der Waals surface area contributed by atoms with Crippen molar-refractivity contribution < 1.29 is 4.79 Å². The second-order valence-corrected chi connectivity index (χ2v) is 5.91. The van der Waals surface area contributed by atoms with Gasteiger partial charge in [-0.3, -0.25) is 9.48 Å². The Balaban J connectivity index is 2.04. The van der Waals surface area contributed by atoms with Gasteiger partial charge in [0.15, 0.2) is 5.78 Å². The number of nitrogens with two attached hydrogens (primary N) is 1. The number of nitrogen functional groups attached to an aromatic ring is 1. The van der Waals surface area contributed by atoms with Crippen LogP contribution in [0.15, 0.2) is 10.7 Å². The third-order valence-corrected chi connectivity index (χ3v) is 4.14. The zero-order valence-electron chi connectivity index (χ0n) is 11.2. The number of aryl methyl sites for hydroxylation is 2. The summed E-state index contributed by atoms with van der Waals surface area (Å²) in [6.07, 6.45) is 2.97. The van der Waals surface area contributed by atoms with E-state index in [4.69, 9.17) is 5.73 Å². The molecule has 2 aromatic rings. The molecule has 0 amide bonds. The van der Waals surface area contributed by atoms with Crippen LogP contribution in [0.25, 0.3) is 0 Å². The highest BCUT2D eigenvalue weighted by Gasteiger charge is 2.31. The number of carbonyl (C=O) groups is 1. The van der Waals surface area contributed by atoms with E-state index in [1.54, 1.807) is 11.6 Å². The van der Waals surface area contributed by atoms with E-state index < -0.39 is 0 Å². The lowest BCUT2D eigenvalue weighted by Gasteiger charge is -2.22. The van der Waals surface area contributed by atoms with E-state index >= 15 is 0 Å². The second-order valence-electron chi connectivity index (χ2n) is 5.05. The van der Waals surface area contributed by atoms with E-state index in [0.29, 0.717) is 24.1 Å². The van der Waals surface area contributed by atoms with Gasteiger partial charge in [-0.15, -0.1) is 0 Å². The van der Waals surface area contributed by atoms with Crippen LogP contribution in [0.2, 0.25) is 0 Å². The lowest BCUT2D eigenvalue weighted by atomic mass is 9.83. The van der Waals surface area contributed by atoms with Crippen LogP contribution in [0.4, 0.5) is 5.95 Å². The number of rotatable bonds is 1. The quantitative estimate of drug-likeness (QED) is 0.858. The van der Waals surface area contributed by atoms with Gasteiger partial charge >= 0.3 is 0 Å². The molecular weight excluding hydrogens is 322 g/mol. The fourth-order valence-electron chi connectivity index (χ4n) is 2.74. The summed E-state index contributed by atoms with van der Waals surface area (Å²) >= 11 is 3.49. The Morgan fingerprint density at radius 1 is 1.40 bits per heavy atom. The van der Waals surface area contributed by atoms with Gasteiger partial charge in [0.05, 0.1) is 27.1 Å². The van der Waals surface area contributed by atoms with Crippen LogP contribution in [0, 0.1) is 6.92 Å². The molecule has 0 spiro atoms. The number of carbonyl (C=O) groups excluding carboxylic acids is 1. The molecule has 0 saturated heterocycles. The van der Waals surface area contributed by atoms with Crippen LogP contribution < -0.4 is 5.73 Å². The summed E-state index contributed by atoms with van der Waals surface area (Å²) in [5, 5.41) is 4.43. The van der Waals surface area contributed by atoms with Gasteiger partial charge < -0.3 is 5.73 Å². The van der Waals surface area contributed by atoms with Gasteiger partial charge in [0.25, 0.3) is 0 Å². The summed E-state index contributed by atoms with van der Waals surface area (Å²) in [5.41, 5.74) is 8.59. The first kappa shape index (κ1) is 13.2. The third-order valence-electron chi connectivity index (χ3n) is 3.53. The third kappa shape index (κ3) is 2.11. The van der Waals surface area contributed by atoms with Gasteiger partial charge in [-0.05, 0) is 29.3 Å². The summed E-state index contributed by atoms with van der Waals surface area (Å²) in [7, 11) is 1.86. The summed E-state index contributed by atoms with van der Waals surface area (Å²) in [6, 6.07) is 0. The smallest absolute Gasteiger partial charge is 0.220 e. The SMILES string of the molecule is Cc1nc(N)nc2c1C(=O)CC(c1nn(C)cc1Br)C2. The summed E-state index contributed by atoms with van der Waals surface area (Å²) in [4.78, 5) is 20.7. The number of Topliss-reactive ketones (excluding diaryl/α,β-unsaturated/α-hetero) is 1. The Hall–Kier alpha value is -1.76. The molecule has 2 aromatic heterocycles. The Morgan fingerprint density at radius 3 is 2.80 bits per heavy atom. The van der Waals surface area contributed by atoms with Gasteiger partial charge in [-0.25, -0.2) is 9.97 Å². The highest BCUT2D eigenvalue weighted by atomic mass is 79.9. The Kier molecular flexibility index (Phi) is 3.08. The van der Waals surface area contributed by atoms with Crippen LogP contribution in [-0.2, 0) is 13.5 Å². The number of hydrogen-bond acceptors (Lipinski definition) is 5. The van der Waals surface area contributed by atoms with E-state index in [2.05, 4.69) is 31.0 Å². The van der Waals surface area contributed by atoms with E-state index in [-0.39, 0.29) is 17.6 Å². The molecule has 1 unspecified atom stereocenters. The van der Waals surface area contributed by atoms with Crippen LogP contribution >= 0.6 is 15.9 Å². The molecular formula is C13H14BrN5O. The molecule has 0 saturated carbocycles. The minimum Gasteiger partial charge on any atom is -0.368 e. The number of nitrogens with zero attached hydrogens (tertiary/aromatic N) is 4. The first-order chi connectivity index (χ1) is 9.45.